The normalized spacial score (nSPS) is 12.7. The van der Waals surface area contributed by atoms with Crippen molar-refractivity contribution in [1.82, 2.24) is 15.0 Å². The Balaban J connectivity index is 1.64. The van der Waals surface area contributed by atoms with Crippen LogP contribution in [0.3, 0.4) is 0 Å². The summed E-state index contributed by atoms with van der Waals surface area (Å²) in [6, 6.07) is 15.0. The topological polar surface area (TPSA) is 88.2 Å². The molecule has 2 N–H and O–H groups in total. The van der Waals surface area contributed by atoms with Crippen LogP contribution in [-0.4, -0.2) is 25.4 Å². The van der Waals surface area contributed by atoms with E-state index < -0.39 is 16.1 Å². The minimum atomic E-state index is -3.78. The fourth-order valence-electron chi connectivity index (χ4n) is 2.92. The summed E-state index contributed by atoms with van der Waals surface area (Å²) in [4.78, 5) is 17.3. The van der Waals surface area contributed by atoms with Crippen molar-refractivity contribution < 1.29 is 13.2 Å². The number of amides is 1. The Bertz CT molecular complexity index is 1090. The first-order chi connectivity index (χ1) is 14.3. The summed E-state index contributed by atoms with van der Waals surface area (Å²) in [5.41, 5.74) is 2.88. The number of nitrogens with zero attached hydrogens (tertiary/aromatic N) is 1. The van der Waals surface area contributed by atoms with E-state index in [0.29, 0.717) is 6.54 Å². The lowest BCUT2D eigenvalue weighted by Crippen LogP contribution is -2.49. The maximum Gasteiger partial charge on any atom is 0.241 e. The van der Waals surface area contributed by atoms with Gasteiger partial charge in [0.2, 0.25) is 15.9 Å². The summed E-state index contributed by atoms with van der Waals surface area (Å²) in [6.07, 6.45) is 0. The number of hydrogen-bond donors (Lipinski definition) is 2. The molecule has 0 saturated heterocycles. The Morgan fingerprint density at radius 3 is 2.30 bits per heavy atom. The van der Waals surface area contributed by atoms with Crippen molar-refractivity contribution in [3.63, 3.8) is 0 Å². The average Bonchev–Trinajstić information content (AvgIpc) is 3.17. The zero-order valence-corrected chi connectivity index (χ0v) is 18.8. The predicted octanol–water partition coefficient (Wildman–Crippen LogP) is 3.74. The van der Waals surface area contributed by atoms with Gasteiger partial charge in [0.25, 0.3) is 0 Å². The summed E-state index contributed by atoms with van der Waals surface area (Å²) in [5, 5.41) is 5.86. The van der Waals surface area contributed by atoms with Crippen LogP contribution >= 0.6 is 11.3 Å². The third-order valence-electron chi connectivity index (χ3n) is 4.62. The molecule has 1 amide bonds. The minimum Gasteiger partial charge on any atom is -0.351 e. The first-order valence-electron chi connectivity index (χ1n) is 9.63. The Kier molecular flexibility index (Phi) is 7.02. The first kappa shape index (κ1) is 22.1. The van der Waals surface area contributed by atoms with Crippen molar-refractivity contribution in [2.45, 2.75) is 38.3 Å². The number of nitrogens with one attached hydrogen (secondary N) is 2. The standard InChI is InChI=1S/C22H25N3O3S2/c1-15(2)21(25-30(27,28)19-7-5-4-6-8-19)22(26)23-13-17-9-11-18(12-10-17)20-14-29-16(3)24-20/h4-12,14-15,21,25H,13H2,1-3H3,(H,23,26)/t21-/m0/s1. The number of aryl methyl sites for hydroxylation is 1. The number of carbonyl (C=O) groups excluding carboxylic acids is 1. The van der Waals surface area contributed by atoms with Crippen LogP contribution in [0, 0.1) is 12.8 Å². The van der Waals surface area contributed by atoms with E-state index in [4.69, 9.17) is 0 Å². The minimum absolute atomic E-state index is 0.135. The monoisotopic (exact) mass is 443 g/mol. The predicted molar refractivity (Wildman–Crippen MR) is 120 cm³/mol. The van der Waals surface area contributed by atoms with Crippen molar-refractivity contribution in [2.24, 2.45) is 5.92 Å². The van der Waals surface area contributed by atoms with Gasteiger partial charge in [-0.2, -0.15) is 4.72 Å². The molecular formula is C22H25N3O3S2. The van der Waals surface area contributed by atoms with E-state index in [1.165, 1.54) is 12.1 Å². The molecule has 8 heteroatoms. The van der Waals surface area contributed by atoms with E-state index in [1.54, 1.807) is 29.5 Å². The molecule has 1 aromatic heterocycles. The molecule has 0 unspecified atom stereocenters. The van der Waals surface area contributed by atoms with Crippen molar-refractivity contribution in [3.05, 3.63) is 70.5 Å². The highest BCUT2D eigenvalue weighted by Crippen LogP contribution is 2.21. The molecule has 2 aromatic carbocycles. The van der Waals surface area contributed by atoms with Crippen LogP contribution in [0.25, 0.3) is 11.3 Å². The molecule has 30 heavy (non-hydrogen) atoms. The maximum atomic E-state index is 12.7. The molecule has 1 atom stereocenters. The average molecular weight is 444 g/mol. The lowest BCUT2D eigenvalue weighted by atomic mass is 10.0. The van der Waals surface area contributed by atoms with Gasteiger partial charge in [0.1, 0.15) is 6.04 Å². The molecule has 0 aliphatic rings. The number of hydrogen-bond acceptors (Lipinski definition) is 5. The van der Waals surface area contributed by atoms with Crippen molar-refractivity contribution in [3.8, 4) is 11.3 Å². The van der Waals surface area contributed by atoms with Crippen LogP contribution in [0.15, 0.2) is 64.9 Å². The zero-order chi connectivity index (χ0) is 21.7. The van der Waals surface area contributed by atoms with Gasteiger partial charge in [0.15, 0.2) is 0 Å². The van der Waals surface area contributed by atoms with Gasteiger partial charge in [-0.15, -0.1) is 11.3 Å². The third kappa shape index (κ3) is 5.53. The van der Waals surface area contributed by atoms with Gasteiger partial charge < -0.3 is 5.32 Å². The molecule has 3 rings (SSSR count). The smallest absolute Gasteiger partial charge is 0.241 e. The van der Waals surface area contributed by atoms with Gasteiger partial charge in [0.05, 0.1) is 15.6 Å². The van der Waals surface area contributed by atoms with Gasteiger partial charge in [-0.3, -0.25) is 4.79 Å². The molecule has 0 spiro atoms. The zero-order valence-electron chi connectivity index (χ0n) is 17.1. The molecular weight excluding hydrogens is 418 g/mol. The Morgan fingerprint density at radius 2 is 1.73 bits per heavy atom. The van der Waals surface area contributed by atoms with E-state index in [0.717, 1.165) is 21.8 Å². The lowest BCUT2D eigenvalue weighted by Gasteiger charge is -2.21. The fourth-order valence-corrected chi connectivity index (χ4v) is 4.90. The highest BCUT2D eigenvalue weighted by Gasteiger charge is 2.28. The number of sulfonamides is 1. The van der Waals surface area contributed by atoms with Gasteiger partial charge in [-0.25, -0.2) is 13.4 Å². The molecule has 0 radical (unpaired) electrons. The highest BCUT2D eigenvalue weighted by molar-refractivity contribution is 7.89. The van der Waals surface area contributed by atoms with Gasteiger partial charge in [-0.05, 0) is 30.5 Å². The molecule has 0 bridgehead atoms. The van der Waals surface area contributed by atoms with Crippen LogP contribution < -0.4 is 10.0 Å². The van der Waals surface area contributed by atoms with Crippen LogP contribution in [0.2, 0.25) is 0 Å². The van der Waals surface area contributed by atoms with E-state index in [9.17, 15) is 13.2 Å². The molecule has 0 aliphatic heterocycles. The summed E-state index contributed by atoms with van der Waals surface area (Å²) in [6.45, 7) is 5.89. The fraction of sp³-hybridized carbons (Fsp3) is 0.273. The molecule has 0 fully saturated rings. The highest BCUT2D eigenvalue weighted by atomic mass is 32.2. The van der Waals surface area contributed by atoms with Crippen LogP contribution in [-0.2, 0) is 21.4 Å². The molecule has 1 heterocycles. The van der Waals surface area contributed by atoms with Crippen LogP contribution in [0.1, 0.15) is 24.4 Å². The quantitative estimate of drug-likeness (QED) is 0.555. The second-order valence-electron chi connectivity index (χ2n) is 7.32. The third-order valence-corrected chi connectivity index (χ3v) is 6.85. The Labute approximate surface area is 181 Å². The Morgan fingerprint density at radius 1 is 1.07 bits per heavy atom. The van der Waals surface area contributed by atoms with E-state index in [2.05, 4.69) is 15.0 Å². The second-order valence-corrected chi connectivity index (χ2v) is 10.1. The molecule has 0 saturated carbocycles. The SMILES string of the molecule is Cc1nc(-c2ccc(CNC(=O)[C@@H](NS(=O)(=O)c3ccccc3)C(C)C)cc2)cs1. The number of aromatic nitrogens is 1. The van der Waals surface area contributed by atoms with Crippen molar-refractivity contribution >= 4 is 27.3 Å². The summed E-state index contributed by atoms with van der Waals surface area (Å²) < 4.78 is 27.7. The largest absolute Gasteiger partial charge is 0.351 e. The van der Waals surface area contributed by atoms with Crippen LogP contribution in [0.5, 0.6) is 0 Å². The summed E-state index contributed by atoms with van der Waals surface area (Å²) >= 11 is 1.60. The summed E-state index contributed by atoms with van der Waals surface area (Å²) in [7, 11) is -3.78. The van der Waals surface area contributed by atoms with E-state index >= 15 is 0 Å². The number of rotatable bonds is 8. The van der Waals surface area contributed by atoms with E-state index in [1.807, 2.05) is 50.4 Å². The lowest BCUT2D eigenvalue weighted by molar-refractivity contribution is -0.123. The van der Waals surface area contributed by atoms with Crippen molar-refractivity contribution in [2.75, 3.05) is 0 Å². The number of thiazole rings is 1. The first-order valence-corrected chi connectivity index (χ1v) is 12.0. The van der Waals surface area contributed by atoms with Crippen molar-refractivity contribution in [1.29, 1.82) is 0 Å². The van der Waals surface area contributed by atoms with Crippen LogP contribution in [0.4, 0.5) is 0 Å². The van der Waals surface area contributed by atoms with Gasteiger partial charge >= 0.3 is 0 Å². The maximum absolute atomic E-state index is 12.7. The Hall–Kier alpha value is -2.55. The van der Waals surface area contributed by atoms with E-state index in [-0.39, 0.29) is 16.7 Å². The molecule has 158 valence electrons. The molecule has 3 aromatic rings. The number of benzene rings is 2. The second kappa shape index (κ2) is 9.51. The van der Waals surface area contributed by atoms with Gasteiger partial charge in [0, 0.05) is 17.5 Å². The number of carbonyl (C=O) groups is 1. The van der Waals surface area contributed by atoms with Gasteiger partial charge in [-0.1, -0.05) is 56.3 Å². The summed E-state index contributed by atoms with van der Waals surface area (Å²) in [5.74, 6) is -0.567. The molecule has 6 nitrogen and oxygen atoms in total. The molecule has 0 aliphatic carbocycles.